The molecule has 0 radical (unpaired) electrons. The van der Waals surface area contributed by atoms with Gasteiger partial charge >= 0.3 is 0 Å². The number of halogens is 2. The van der Waals surface area contributed by atoms with Crippen molar-refractivity contribution in [2.45, 2.75) is 19.9 Å². The summed E-state index contributed by atoms with van der Waals surface area (Å²) in [5, 5.41) is 6.19. The van der Waals surface area contributed by atoms with E-state index in [2.05, 4.69) is 15.0 Å². The number of carbonyl (C=O) groups is 1. The predicted octanol–water partition coefficient (Wildman–Crippen LogP) is 3.26. The Morgan fingerprint density at radius 1 is 1.38 bits per heavy atom. The highest BCUT2D eigenvalue weighted by atomic mass is 32.1. The first kappa shape index (κ1) is 15.4. The number of nitrogens with zero attached hydrogens (tertiary/aromatic N) is 1. The second-order valence-corrected chi connectivity index (χ2v) is 5.36. The van der Waals surface area contributed by atoms with Gasteiger partial charge in [0.15, 0.2) is 0 Å². The molecule has 0 aliphatic rings. The second kappa shape index (κ2) is 6.17. The Morgan fingerprint density at radius 2 is 2.10 bits per heavy atom. The number of aromatic nitrogens is 1. The standard InChI is InChI=1S/C14H15F2N3OS/c1-7(10-6-9(15)4-5-11(10)16)18-13(20)12-8(2)19-21-14(12)17-3/h4-7,17H,1-3H3,(H,18,20). The Balaban J connectivity index is 2.23. The van der Waals surface area contributed by atoms with Gasteiger partial charge in [0.25, 0.3) is 5.91 Å². The Kier molecular flexibility index (Phi) is 4.52. The monoisotopic (exact) mass is 311 g/mol. The average molecular weight is 311 g/mol. The van der Waals surface area contributed by atoms with Gasteiger partial charge in [0.1, 0.15) is 16.6 Å². The van der Waals surface area contributed by atoms with E-state index in [1.54, 1.807) is 20.9 Å². The van der Waals surface area contributed by atoms with E-state index in [-0.39, 0.29) is 11.5 Å². The van der Waals surface area contributed by atoms with Gasteiger partial charge in [-0.15, -0.1) is 0 Å². The lowest BCUT2D eigenvalue weighted by molar-refractivity contribution is 0.0939. The van der Waals surface area contributed by atoms with Crippen LogP contribution < -0.4 is 10.6 Å². The Bertz CT molecular complexity index is 672. The first-order chi connectivity index (χ1) is 9.93. The summed E-state index contributed by atoms with van der Waals surface area (Å²) in [6, 6.07) is 2.51. The summed E-state index contributed by atoms with van der Waals surface area (Å²) in [5.74, 6) is -1.48. The number of carbonyl (C=O) groups excluding carboxylic acids is 1. The van der Waals surface area contributed by atoms with Crippen LogP contribution in [0.2, 0.25) is 0 Å². The minimum atomic E-state index is -0.655. The average Bonchev–Trinajstić information content (AvgIpc) is 2.82. The zero-order chi connectivity index (χ0) is 15.6. The number of anilines is 1. The van der Waals surface area contributed by atoms with Crippen molar-refractivity contribution in [1.29, 1.82) is 0 Å². The smallest absolute Gasteiger partial charge is 0.256 e. The zero-order valence-electron chi connectivity index (χ0n) is 11.8. The Morgan fingerprint density at radius 3 is 2.76 bits per heavy atom. The fraction of sp³-hybridized carbons (Fsp3) is 0.286. The van der Waals surface area contributed by atoms with Crippen LogP contribution in [0.4, 0.5) is 13.8 Å². The highest BCUT2D eigenvalue weighted by Crippen LogP contribution is 2.25. The minimum Gasteiger partial charge on any atom is -0.378 e. The molecule has 1 aromatic heterocycles. The molecule has 1 unspecified atom stereocenters. The first-order valence-corrected chi connectivity index (χ1v) is 7.11. The number of benzene rings is 1. The van der Waals surface area contributed by atoms with E-state index in [1.165, 1.54) is 11.5 Å². The molecule has 0 saturated heterocycles. The fourth-order valence-electron chi connectivity index (χ4n) is 2.00. The lowest BCUT2D eigenvalue weighted by Crippen LogP contribution is -2.28. The van der Waals surface area contributed by atoms with Gasteiger partial charge in [0.2, 0.25) is 0 Å². The summed E-state index contributed by atoms with van der Waals surface area (Å²) in [6.45, 7) is 3.32. The van der Waals surface area contributed by atoms with Gasteiger partial charge in [-0.1, -0.05) is 0 Å². The molecule has 2 N–H and O–H groups in total. The Labute approximate surface area is 125 Å². The molecule has 0 spiro atoms. The van der Waals surface area contributed by atoms with Crippen LogP contribution in [0.15, 0.2) is 18.2 Å². The second-order valence-electron chi connectivity index (χ2n) is 4.58. The fourth-order valence-corrected chi connectivity index (χ4v) is 2.74. The van der Waals surface area contributed by atoms with Gasteiger partial charge in [-0.3, -0.25) is 4.79 Å². The normalized spacial score (nSPS) is 12.0. The third-order valence-corrected chi connectivity index (χ3v) is 4.04. The molecule has 0 fully saturated rings. The Hall–Kier alpha value is -2.02. The molecule has 0 saturated carbocycles. The maximum Gasteiger partial charge on any atom is 0.256 e. The number of nitrogens with one attached hydrogen (secondary N) is 2. The third-order valence-electron chi connectivity index (χ3n) is 3.09. The molecule has 1 atom stereocenters. The highest BCUT2D eigenvalue weighted by molar-refractivity contribution is 7.10. The van der Waals surface area contributed by atoms with E-state index < -0.39 is 17.7 Å². The van der Waals surface area contributed by atoms with E-state index in [0.29, 0.717) is 16.3 Å². The summed E-state index contributed by atoms with van der Waals surface area (Å²) in [7, 11) is 1.69. The van der Waals surface area contributed by atoms with Crippen molar-refractivity contribution in [3.8, 4) is 0 Å². The number of hydrogen-bond acceptors (Lipinski definition) is 4. The van der Waals surface area contributed by atoms with Crippen LogP contribution in [0.5, 0.6) is 0 Å². The van der Waals surface area contributed by atoms with Crippen molar-refractivity contribution < 1.29 is 13.6 Å². The molecular weight excluding hydrogens is 296 g/mol. The molecule has 0 aliphatic heterocycles. The summed E-state index contributed by atoms with van der Waals surface area (Å²) >= 11 is 1.18. The predicted molar refractivity (Wildman–Crippen MR) is 78.6 cm³/mol. The number of rotatable bonds is 4. The van der Waals surface area contributed by atoms with Crippen LogP contribution >= 0.6 is 11.5 Å². The maximum absolute atomic E-state index is 13.7. The molecule has 4 nitrogen and oxygen atoms in total. The van der Waals surface area contributed by atoms with Crippen LogP contribution in [0.1, 0.15) is 34.6 Å². The topological polar surface area (TPSA) is 54.0 Å². The highest BCUT2D eigenvalue weighted by Gasteiger charge is 2.21. The number of amides is 1. The lowest BCUT2D eigenvalue weighted by Gasteiger charge is -2.15. The van der Waals surface area contributed by atoms with E-state index in [0.717, 1.165) is 18.2 Å². The van der Waals surface area contributed by atoms with Crippen LogP contribution in [0, 0.1) is 18.6 Å². The zero-order valence-corrected chi connectivity index (χ0v) is 12.6. The quantitative estimate of drug-likeness (QED) is 0.911. The van der Waals surface area contributed by atoms with Crippen molar-refractivity contribution in [3.63, 3.8) is 0 Å². The molecule has 7 heteroatoms. The summed E-state index contributed by atoms with van der Waals surface area (Å²) < 4.78 is 31.0. The molecule has 1 amide bonds. The molecule has 21 heavy (non-hydrogen) atoms. The lowest BCUT2D eigenvalue weighted by atomic mass is 10.1. The maximum atomic E-state index is 13.7. The van der Waals surface area contributed by atoms with Crippen molar-refractivity contribution in [2.24, 2.45) is 0 Å². The van der Waals surface area contributed by atoms with E-state index in [1.807, 2.05) is 0 Å². The van der Waals surface area contributed by atoms with Crippen LogP contribution in [0.3, 0.4) is 0 Å². The molecule has 0 aliphatic carbocycles. The molecule has 1 heterocycles. The molecule has 2 rings (SSSR count). The van der Waals surface area contributed by atoms with Crippen molar-refractivity contribution in [3.05, 3.63) is 46.7 Å². The summed E-state index contributed by atoms with van der Waals surface area (Å²) in [6.07, 6.45) is 0. The first-order valence-electron chi connectivity index (χ1n) is 6.34. The van der Waals surface area contributed by atoms with Gasteiger partial charge in [-0.05, 0) is 43.6 Å². The molecule has 0 bridgehead atoms. The van der Waals surface area contributed by atoms with Crippen molar-refractivity contribution >= 4 is 22.4 Å². The summed E-state index contributed by atoms with van der Waals surface area (Å²) in [5.41, 5.74) is 1.12. The number of hydrogen-bond donors (Lipinski definition) is 2. The molecule has 1 aromatic carbocycles. The molecule has 2 aromatic rings. The van der Waals surface area contributed by atoms with Crippen molar-refractivity contribution in [2.75, 3.05) is 12.4 Å². The van der Waals surface area contributed by atoms with Crippen LogP contribution in [-0.4, -0.2) is 17.3 Å². The van der Waals surface area contributed by atoms with Crippen LogP contribution in [-0.2, 0) is 0 Å². The van der Waals surface area contributed by atoms with Gasteiger partial charge in [0.05, 0.1) is 17.3 Å². The van der Waals surface area contributed by atoms with Gasteiger partial charge < -0.3 is 10.6 Å². The van der Waals surface area contributed by atoms with Gasteiger partial charge in [-0.2, -0.15) is 4.37 Å². The van der Waals surface area contributed by atoms with E-state index in [9.17, 15) is 13.6 Å². The number of aryl methyl sites for hydroxylation is 1. The van der Waals surface area contributed by atoms with Crippen LogP contribution in [0.25, 0.3) is 0 Å². The largest absolute Gasteiger partial charge is 0.378 e. The third kappa shape index (κ3) is 3.18. The van der Waals surface area contributed by atoms with E-state index in [4.69, 9.17) is 0 Å². The van der Waals surface area contributed by atoms with Gasteiger partial charge in [0, 0.05) is 12.6 Å². The van der Waals surface area contributed by atoms with Gasteiger partial charge in [-0.25, -0.2) is 8.78 Å². The van der Waals surface area contributed by atoms with Crippen molar-refractivity contribution in [1.82, 2.24) is 9.69 Å². The minimum absolute atomic E-state index is 0.107. The van der Waals surface area contributed by atoms with E-state index >= 15 is 0 Å². The molecule has 112 valence electrons. The molecular formula is C14H15F2N3OS. The SMILES string of the molecule is CNc1snc(C)c1C(=O)NC(C)c1cc(F)ccc1F. The summed E-state index contributed by atoms with van der Waals surface area (Å²) in [4.78, 5) is 12.3.